The third-order valence-electron chi connectivity index (χ3n) is 3.87. The van der Waals surface area contributed by atoms with E-state index in [2.05, 4.69) is 20.5 Å². The van der Waals surface area contributed by atoms with E-state index in [4.69, 9.17) is 11.1 Å². The molecule has 0 saturated carbocycles. The lowest BCUT2D eigenvalue weighted by atomic mass is 10.1. The van der Waals surface area contributed by atoms with Crippen LogP contribution in [0, 0.1) is 5.41 Å². The first-order chi connectivity index (χ1) is 13.7. The molecule has 2 amide bonds. The van der Waals surface area contributed by atoms with E-state index in [1.807, 2.05) is 0 Å². The Balaban J connectivity index is 2.17. The molecule has 0 spiro atoms. The number of nitrogen functional groups attached to an aromatic ring is 1. The average Bonchev–Trinajstić information content (AvgIpc) is 2.71. The summed E-state index contributed by atoms with van der Waals surface area (Å²) >= 11 is 0. The average molecular weight is 400 g/mol. The summed E-state index contributed by atoms with van der Waals surface area (Å²) in [5.41, 5.74) is 6.07. The van der Waals surface area contributed by atoms with Gasteiger partial charge in [-0.1, -0.05) is 24.3 Å². The fraction of sp³-hybridized carbons (Fsp3) is 0.222. The van der Waals surface area contributed by atoms with Gasteiger partial charge in [0.15, 0.2) is 0 Å². The summed E-state index contributed by atoms with van der Waals surface area (Å²) < 4.78 is 5.40. The molecule has 152 valence electrons. The molecule has 11 heteroatoms. The number of carbonyl (C=O) groups excluding carboxylic acids is 3. The summed E-state index contributed by atoms with van der Waals surface area (Å²) in [5, 5.41) is 16.1. The Hall–Kier alpha value is -4.02. The molecule has 0 bridgehead atoms. The Labute approximate surface area is 165 Å². The standard InChI is InChI=1S/C18H20N6O5/c1-24-18(28)12(17(27)22-8-14(25)21-9-15(26)29-2)7-13(23-24)10-3-5-11(6-4-10)16(19)20/h3-7H,8-9H2,1-2H3,(H3,19,20)(H,21,25)(H,22,27). The van der Waals surface area contributed by atoms with E-state index in [0.29, 0.717) is 16.8 Å². The van der Waals surface area contributed by atoms with Crippen LogP contribution >= 0.6 is 0 Å². The number of nitrogens with one attached hydrogen (secondary N) is 3. The minimum Gasteiger partial charge on any atom is -0.468 e. The highest BCUT2D eigenvalue weighted by Crippen LogP contribution is 2.17. The second-order valence-electron chi connectivity index (χ2n) is 5.90. The number of benzene rings is 1. The van der Waals surface area contributed by atoms with E-state index in [1.165, 1.54) is 20.2 Å². The van der Waals surface area contributed by atoms with Crippen LogP contribution < -0.4 is 21.9 Å². The van der Waals surface area contributed by atoms with Gasteiger partial charge in [-0.05, 0) is 6.07 Å². The molecule has 2 aromatic rings. The SMILES string of the molecule is COC(=O)CNC(=O)CNC(=O)c1cc(-c2ccc(C(=N)N)cc2)nn(C)c1=O. The summed E-state index contributed by atoms with van der Waals surface area (Å²) in [6.45, 7) is -0.757. The number of hydrogen-bond donors (Lipinski definition) is 4. The lowest BCUT2D eigenvalue weighted by Crippen LogP contribution is -2.41. The van der Waals surface area contributed by atoms with Gasteiger partial charge in [-0.25, -0.2) is 4.68 Å². The van der Waals surface area contributed by atoms with Crippen LogP contribution in [-0.4, -0.2) is 53.6 Å². The lowest BCUT2D eigenvalue weighted by Gasteiger charge is -2.09. The van der Waals surface area contributed by atoms with Crippen molar-refractivity contribution in [3.63, 3.8) is 0 Å². The van der Waals surface area contributed by atoms with Crippen LogP contribution in [-0.2, 0) is 21.4 Å². The summed E-state index contributed by atoms with van der Waals surface area (Å²) in [6, 6.07) is 7.87. The number of aryl methyl sites for hydroxylation is 1. The largest absolute Gasteiger partial charge is 0.468 e. The van der Waals surface area contributed by atoms with E-state index >= 15 is 0 Å². The van der Waals surface area contributed by atoms with E-state index in [9.17, 15) is 19.2 Å². The van der Waals surface area contributed by atoms with Gasteiger partial charge in [0.05, 0.1) is 19.3 Å². The molecule has 1 aromatic heterocycles. The van der Waals surface area contributed by atoms with Crippen molar-refractivity contribution in [1.29, 1.82) is 5.41 Å². The van der Waals surface area contributed by atoms with Crippen molar-refractivity contribution in [2.24, 2.45) is 12.8 Å². The molecular weight excluding hydrogens is 380 g/mol. The van der Waals surface area contributed by atoms with Crippen molar-refractivity contribution >= 4 is 23.6 Å². The predicted octanol–water partition coefficient (Wildman–Crippen LogP) is -1.25. The summed E-state index contributed by atoms with van der Waals surface area (Å²) in [6.07, 6.45) is 0. The Kier molecular flexibility index (Phi) is 6.80. The number of ether oxygens (including phenoxy) is 1. The van der Waals surface area contributed by atoms with Crippen LogP contribution in [0.4, 0.5) is 0 Å². The summed E-state index contributed by atoms with van der Waals surface area (Å²) in [7, 11) is 2.58. The van der Waals surface area contributed by atoms with Gasteiger partial charge in [0.2, 0.25) is 5.91 Å². The predicted molar refractivity (Wildman–Crippen MR) is 103 cm³/mol. The van der Waals surface area contributed by atoms with Crippen LogP contribution in [0.1, 0.15) is 15.9 Å². The molecule has 1 aromatic carbocycles. The van der Waals surface area contributed by atoms with Crippen LogP contribution in [0.3, 0.4) is 0 Å². The van der Waals surface area contributed by atoms with Gasteiger partial charge in [0, 0.05) is 18.2 Å². The number of esters is 1. The maximum Gasteiger partial charge on any atom is 0.325 e. The molecule has 11 nitrogen and oxygen atoms in total. The lowest BCUT2D eigenvalue weighted by molar-refractivity contribution is -0.141. The molecule has 0 aliphatic heterocycles. The highest BCUT2D eigenvalue weighted by atomic mass is 16.5. The van der Waals surface area contributed by atoms with Gasteiger partial charge in [-0.2, -0.15) is 5.10 Å². The number of amidine groups is 1. The van der Waals surface area contributed by atoms with Gasteiger partial charge in [-0.15, -0.1) is 0 Å². The number of hydrogen-bond acceptors (Lipinski definition) is 7. The van der Waals surface area contributed by atoms with Gasteiger partial charge < -0.3 is 21.1 Å². The molecule has 5 N–H and O–H groups in total. The quantitative estimate of drug-likeness (QED) is 0.256. The topological polar surface area (TPSA) is 169 Å². The molecule has 0 aliphatic rings. The Morgan fingerprint density at radius 3 is 2.41 bits per heavy atom. The summed E-state index contributed by atoms with van der Waals surface area (Å²) in [5.74, 6) is -2.10. The first-order valence-corrected chi connectivity index (χ1v) is 8.37. The number of methoxy groups -OCH3 is 1. The molecule has 0 atom stereocenters. The number of amides is 2. The second kappa shape index (κ2) is 9.26. The highest BCUT2D eigenvalue weighted by molar-refractivity contribution is 5.97. The summed E-state index contributed by atoms with van der Waals surface area (Å²) in [4.78, 5) is 47.3. The van der Waals surface area contributed by atoms with Crippen LogP contribution in [0.2, 0.25) is 0 Å². The second-order valence-corrected chi connectivity index (χ2v) is 5.90. The normalized spacial score (nSPS) is 10.1. The number of rotatable bonds is 7. The third kappa shape index (κ3) is 5.48. The molecule has 29 heavy (non-hydrogen) atoms. The van der Waals surface area contributed by atoms with E-state index in [1.54, 1.807) is 24.3 Å². The monoisotopic (exact) mass is 400 g/mol. The minimum atomic E-state index is -0.761. The van der Waals surface area contributed by atoms with Gasteiger partial charge >= 0.3 is 5.97 Å². The van der Waals surface area contributed by atoms with Crippen molar-refractivity contribution in [1.82, 2.24) is 20.4 Å². The van der Waals surface area contributed by atoms with E-state index in [0.717, 1.165) is 4.68 Å². The molecule has 1 heterocycles. The highest BCUT2D eigenvalue weighted by Gasteiger charge is 2.16. The maximum absolute atomic E-state index is 12.4. The zero-order valence-electron chi connectivity index (χ0n) is 15.8. The van der Waals surface area contributed by atoms with Crippen LogP contribution in [0.5, 0.6) is 0 Å². The minimum absolute atomic E-state index is 0.0875. The Morgan fingerprint density at radius 1 is 1.17 bits per heavy atom. The Morgan fingerprint density at radius 2 is 1.83 bits per heavy atom. The number of nitrogens with zero attached hydrogens (tertiary/aromatic N) is 2. The van der Waals surface area contributed by atoms with Gasteiger partial charge in [-0.3, -0.25) is 24.6 Å². The molecule has 0 aliphatic carbocycles. The molecule has 0 saturated heterocycles. The molecule has 2 rings (SSSR count). The van der Waals surface area contributed by atoms with E-state index in [-0.39, 0.29) is 17.9 Å². The molecule has 0 fully saturated rings. The van der Waals surface area contributed by atoms with E-state index < -0.39 is 29.9 Å². The van der Waals surface area contributed by atoms with Crippen LogP contribution in [0.15, 0.2) is 35.1 Å². The van der Waals surface area contributed by atoms with Gasteiger partial charge in [0.25, 0.3) is 11.5 Å². The zero-order valence-corrected chi connectivity index (χ0v) is 15.8. The molecular formula is C18H20N6O5. The first-order valence-electron chi connectivity index (χ1n) is 8.37. The maximum atomic E-state index is 12.4. The smallest absolute Gasteiger partial charge is 0.325 e. The van der Waals surface area contributed by atoms with Gasteiger partial charge in [0.1, 0.15) is 17.9 Å². The molecule has 0 radical (unpaired) electrons. The number of carbonyl (C=O) groups is 3. The van der Waals surface area contributed by atoms with Crippen molar-refractivity contribution in [2.45, 2.75) is 0 Å². The van der Waals surface area contributed by atoms with Crippen molar-refractivity contribution < 1.29 is 19.1 Å². The first kappa shape index (κ1) is 21.3. The van der Waals surface area contributed by atoms with Crippen molar-refractivity contribution in [3.05, 3.63) is 51.8 Å². The third-order valence-corrected chi connectivity index (χ3v) is 3.87. The number of aromatic nitrogens is 2. The number of nitrogens with two attached hydrogens (primary N) is 1. The fourth-order valence-corrected chi connectivity index (χ4v) is 2.29. The molecule has 0 unspecified atom stereocenters. The van der Waals surface area contributed by atoms with Crippen molar-refractivity contribution in [3.8, 4) is 11.3 Å². The Bertz CT molecular complexity index is 1010. The van der Waals surface area contributed by atoms with Crippen molar-refractivity contribution in [2.75, 3.05) is 20.2 Å². The van der Waals surface area contributed by atoms with Crippen LogP contribution in [0.25, 0.3) is 11.3 Å². The zero-order chi connectivity index (χ0) is 21.6. The fourth-order valence-electron chi connectivity index (χ4n) is 2.29.